The Labute approximate surface area is 279 Å². The van der Waals surface area contributed by atoms with Crippen molar-refractivity contribution in [2.24, 2.45) is 0 Å². The monoisotopic (exact) mass is 613 g/mol. The van der Waals surface area contributed by atoms with Gasteiger partial charge in [-0.25, -0.2) is 15.0 Å². The van der Waals surface area contributed by atoms with Gasteiger partial charge >= 0.3 is 0 Å². The van der Waals surface area contributed by atoms with E-state index in [1.54, 1.807) is 0 Å². The Hall–Kier alpha value is -6.19. The quantitative estimate of drug-likeness (QED) is 0.181. The highest BCUT2D eigenvalue weighted by Crippen LogP contribution is 2.38. The van der Waals surface area contributed by atoms with Crippen molar-refractivity contribution >= 4 is 43.5 Å². The van der Waals surface area contributed by atoms with E-state index in [4.69, 9.17) is 15.0 Å². The fraction of sp³-hybridized carbons (Fsp3) is 0.0444. The van der Waals surface area contributed by atoms with Crippen LogP contribution < -0.4 is 0 Å². The minimum atomic E-state index is 0.670. The van der Waals surface area contributed by atoms with Gasteiger partial charge in [-0.05, 0) is 79.6 Å². The molecule has 0 bridgehead atoms. The van der Waals surface area contributed by atoms with Gasteiger partial charge < -0.3 is 0 Å². The summed E-state index contributed by atoms with van der Waals surface area (Å²) in [6.07, 6.45) is 6.72. The molecule has 0 amide bonds. The molecule has 0 atom stereocenters. The Morgan fingerprint density at radius 1 is 0.354 bits per heavy atom. The van der Waals surface area contributed by atoms with E-state index < -0.39 is 0 Å². The zero-order chi connectivity index (χ0) is 31.9. The summed E-state index contributed by atoms with van der Waals surface area (Å²) in [5, 5.41) is 7.79. The van der Waals surface area contributed by atoms with Crippen LogP contribution in [0.2, 0.25) is 0 Å². The molecule has 1 aliphatic carbocycles. The maximum Gasteiger partial charge on any atom is 0.164 e. The van der Waals surface area contributed by atoms with E-state index in [0.717, 1.165) is 29.5 Å². The molecule has 0 N–H and O–H groups in total. The molecular formula is C45H31N3. The summed E-state index contributed by atoms with van der Waals surface area (Å²) in [4.78, 5) is 14.8. The summed E-state index contributed by atoms with van der Waals surface area (Å²) in [7, 11) is 0. The average molecular weight is 614 g/mol. The van der Waals surface area contributed by atoms with E-state index in [0.29, 0.717) is 17.5 Å². The maximum atomic E-state index is 4.97. The van der Waals surface area contributed by atoms with Crippen LogP contribution in [-0.2, 0) is 0 Å². The van der Waals surface area contributed by atoms with Gasteiger partial charge in [0, 0.05) is 16.7 Å². The lowest BCUT2D eigenvalue weighted by molar-refractivity contribution is 1.06. The van der Waals surface area contributed by atoms with Crippen LogP contribution >= 0.6 is 0 Å². The van der Waals surface area contributed by atoms with E-state index in [9.17, 15) is 0 Å². The molecule has 0 spiro atoms. The summed E-state index contributed by atoms with van der Waals surface area (Å²) in [5.74, 6) is 2.01. The minimum absolute atomic E-state index is 0.670. The summed E-state index contributed by atoms with van der Waals surface area (Å²) in [6.45, 7) is 0. The summed E-state index contributed by atoms with van der Waals surface area (Å²) >= 11 is 0. The normalized spacial score (nSPS) is 13.1. The van der Waals surface area contributed by atoms with Crippen LogP contribution in [-0.4, -0.2) is 15.0 Å². The zero-order valence-electron chi connectivity index (χ0n) is 26.3. The lowest BCUT2D eigenvalue weighted by Crippen LogP contribution is -2.00. The summed E-state index contributed by atoms with van der Waals surface area (Å²) < 4.78 is 0. The van der Waals surface area contributed by atoms with Crippen molar-refractivity contribution in [1.82, 2.24) is 15.0 Å². The predicted molar refractivity (Wildman–Crippen MR) is 200 cm³/mol. The largest absolute Gasteiger partial charge is 0.208 e. The first-order valence-electron chi connectivity index (χ1n) is 16.5. The third-order valence-corrected chi connectivity index (χ3v) is 9.38. The van der Waals surface area contributed by atoms with Crippen molar-refractivity contribution in [1.29, 1.82) is 0 Å². The molecule has 3 heteroatoms. The van der Waals surface area contributed by atoms with E-state index >= 15 is 0 Å². The van der Waals surface area contributed by atoms with Gasteiger partial charge in [0.05, 0.1) is 0 Å². The SMILES string of the molecule is C1=C(c2ccc3c4ccccc4c4ccccc4c3c2)C=C(c2cccc(-c3nc(-c4ccccc4)nc(-c4ccccc4)n3)c2)CC1. The first-order valence-corrected chi connectivity index (χ1v) is 16.5. The maximum absolute atomic E-state index is 4.97. The zero-order valence-corrected chi connectivity index (χ0v) is 26.3. The second-order valence-corrected chi connectivity index (χ2v) is 12.3. The standard InChI is InChI=1S/C45H31N3/c1-3-13-30(14-4-1)43-46-44(31-15-5-2-6-16-31)48-45(47-43)36-20-12-19-34(28-36)32-17-11-18-33(27-32)35-25-26-41-39-23-8-7-21-37(39)38-22-9-10-24-40(38)42(41)29-35/h1-10,12-16,18-29H,11,17H2. The molecule has 1 aliphatic rings. The number of rotatable bonds is 5. The van der Waals surface area contributed by atoms with Crippen LogP contribution in [0, 0.1) is 0 Å². The Morgan fingerprint density at radius 2 is 0.833 bits per heavy atom. The lowest BCUT2D eigenvalue weighted by atomic mass is 9.88. The minimum Gasteiger partial charge on any atom is -0.208 e. The molecule has 0 aliphatic heterocycles. The Kier molecular flexibility index (Phi) is 6.94. The highest BCUT2D eigenvalue weighted by atomic mass is 15.0. The second-order valence-electron chi connectivity index (χ2n) is 12.3. The van der Waals surface area contributed by atoms with Gasteiger partial charge in [-0.1, -0.05) is 152 Å². The number of allylic oxidation sites excluding steroid dienone is 4. The Morgan fingerprint density at radius 3 is 1.44 bits per heavy atom. The third kappa shape index (κ3) is 5.06. The van der Waals surface area contributed by atoms with Crippen LogP contribution in [0.3, 0.4) is 0 Å². The first-order chi connectivity index (χ1) is 23.8. The molecular weight excluding hydrogens is 583 g/mol. The molecule has 226 valence electrons. The summed E-state index contributed by atoms with van der Waals surface area (Å²) in [6, 6.07) is 53.4. The summed E-state index contributed by atoms with van der Waals surface area (Å²) in [5.41, 5.74) is 7.93. The van der Waals surface area contributed by atoms with Gasteiger partial charge in [-0.2, -0.15) is 0 Å². The molecule has 7 aromatic carbocycles. The average Bonchev–Trinajstić information content (AvgIpc) is 3.18. The van der Waals surface area contributed by atoms with Crippen LogP contribution in [0.4, 0.5) is 0 Å². The number of aromatic nitrogens is 3. The molecule has 0 fully saturated rings. The highest BCUT2D eigenvalue weighted by Gasteiger charge is 2.16. The third-order valence-electron chi connectivity index (χ3n) is 9.38. The Bertz CT molecular complexity index is 2450. The predicted octanol–water partition coefficient (Wildman–Crippen LogP) is 11.6. The molecule has 1 aromatic heterocycles. The fourth-order valence-corrected chi connectivity index (χ4v) is 7.01. The van der Waals surface area contributed by atoms with E-state index in [1.807, 2.05) is 60.7 Å². The number of hydrogen-bond donors (Lipinski definition) is 0. The molecule has 9 rings (SSSR count). The van der Waals surface area contributed by atoms with Gasteiger partial charge in [-0.15, -0.1) is 0 Å². The smallest absolute Gasteiger partial charge is 0.164 e. The molecule has 48 heavy (non-hydrogen) atoms. The Balaban J connectivity index is 1.12. The van der Waals surface area contributed by atoms with Gasteiger partial charge in [0.1, 0.15) is 0 Å². The molecule has 0 radical (unpaired) electrons. The second kappa shape index (κ2) is 11.9. The molecule has 3 nitrogen and oxygen atoms in total. The van der Waals surface area contributed by atoms with Gasteiger partial charge in [-0.3, -0.25) is 0 Å². The molecule has 8 aromatic rings. The van der Waals surface area contributed by atoms with E-state index in [1.165, 1.54) is 54.6 Å². The van der Waals surface area contributed by atoms with Crippen LogP contribution in [0.1, 0.15) is 24.0 Å². The van der Waals surface area contributed by atoms with E-state index in [2.05, 4.69) is 103 Å². The first kappa shape index (κ1) is 28.1. The van der Waals surface area contributed by atoms with Crippen molar-refractivity contribution in [2.75, 3.05) is 0 Å². The van der Waals surface area contributed by atoms with Crippen molar-refractivity contribution in [3.8, 4) is 34.2 Å². The van der Waals surface area contributed by atoms with Crippen molar-refractivity contribution < 1.29 is 0 Å². The lowest BCUT2D eigenvalue weighted by Gasteiger charge is -2.17. The molecule has 1 heterocycles. The number of hydrogen-bond acceptors (Lipinski definition) is 3. The number of nitrogens with zero attached hydrogens (tertiary/aromatic N) is 3. The molecule has 0 unspecified atom stereocenters. The van der Waals surface area contributed by atoms with Crippen LogP contribution in [0.15, 0.2) is 164 Å². The van der Waals surface area contributed by atoms with Gasteiger partial charge in [0.2, 0.25) is 0 Å². The van der Waals surface area contributed by atoms with Crippen molar-refractivity contribution in [2.45, 2.75) is 12.8 Å². The highest BCUT2D eigenvalue weighted by molar-refractivity contribution is 6.25. The number of benzene rings is 7. The fourth-order valence-electron chi connectivity index (χ4n) is 7.01. The number of fused-ring (bicyclic) bond motifs is 6. The van der Waals surface area contributed by atoms with Crippen molar-refractivity contribution in [3.05, 3.63) is 175 Å². The molecule has 0 saturated heterocycles. The van der Waals surface area contributed by atoms with E-state index in [-0.39, 0.29) is 0 Å². The molecule has 0 saturated carbocycles. The van der Waals surface area contributed by atoms with Gasteiger partial charge in [0.15, 0.2) is 17.5 Å². The van der Waals surface area contributed by atoms with Gasteiger partial charge in [0.25, 0.3) is 0 Å². The van der Waals surface area contributed by atoms with Crippen LogP contribution in [0.25, 0.3) is 77.6 Å². The van der Waals surface area contributed by atoms with Crippen molar-refractivity contribution in [3.63, 3.8) is 0 Å². The topological polar surface area (TPSA) is 38.7 Å². The van der Waals surface area contributed by atoms with Crippen LogP contribution in [0.5, 0.6) is 0 Å².